The number of anilines is 1. The molecule has 0 atom stereocenters. The summed E-state index contributed by atoms with van der Waals surface area (Å²) in [6.45, 7) is 4.06. The fraction of sp³-hybridized carbons (Fsp3) is 0.280. The standard InChI is InChI=1S/C25H26Cl3N5O4S/c1-4-36-21(34)6-5-11-37-20-13-16(26)8-10-19(20)29-25(38)31-30-14(2)22-24(35)23(33(3)32-22)15-7-9-17(27)18(28)12-15/h7-10,12-13,35H,4-6,11H2,1-3H3,(H2,29,31,38)/b30-14+. The van der Waals surface area contributed by atoms with E-state index in [9.17, 15) is 9.90 Å². The van der Waals surface area contributed by atoms with Crippen molar-refractivity contribution in [2.75, 3.05) is 18.5 Å². The Morgan fingerprint density at radius 2 is 1.95 bits per heavy atom. The number of aromatic nitrogens is 2. The van der Waals surface area contributed by atoms with Gasteiger partial charge in [-0.05, 0) is 56.8 Å². The Bertz CT molecular complexity index is 1360. The molecule has 1 aromatic heterocycles. The third-order valence-corrected chi connectivity index (χ3v) is 6.33. The molecular formula is C25H26Cl3N5O4S. The van der Waals surface area contributed by atoms with Gasteiger partial charge < -0.3 is 19.9 Å². The lowest BCUT2D eigenvalue weighted by Gasteiger charge is -2.14. The van der Waals surface area contributed by atoms with Crippen LogP contribution < -0.4 is 15.5 Å². The molecule has 202 valence electrons. The number of esters is 1. The molecule has 0 saturated heterocycles. The largest absolute Gasteiger partial charge is 0.504 e. The summed E-state index contributed by atoms with van der Waals surface area (Å²) >= 11 is 23.6. The van der Waals surface area contributed by atoms with E-state index in [2.05, 4.69) is 20.9 Å². The molecule has 0 spiro atoms. The first-order chi connectivity index (χ1) is 18.1. The molecular weight excluding hydrogens is 573 g/mol. The monoisotopic (exact) mass is 597 g/mol. The normalized spacial score (nSPS) is 11.3. The summed E-state index contributed by atoms with van der Waals surface area (Å²) in [6.07, 6.45) is 0.729. The number of rotatable bonds is 10. The van der Waals surface area contributed by atoms with Crippen molar-refractivity contribution in [1.29, 1.82) is 0 Å². The van der Waals surface area contributed by atoms with Crippen molar-refractivity contribution in [1.82, 2.24) is 15.2 Å². The number of hydrogen-bond acceptors (Lipinski definition) is 7. The number of nitrogens with zero attached hydrogens (tertiary/aromatic N) is 3. The molecule has 3 aromatic rings. The lowest BCUT2D eigenvalue weighted by molar-refractivity contribution is -0.143. The van der Waals surface area contributed by atoms with Crippen LogP contribution in [0.3, 0.4) is 0 Å². The van der Waals surface area contributed by atoms with E-state index in [1.807, 2.05) is 0 Å². The quantitative estimate of drug-likeness (QED) is 0.0834. The van der Waals surface area contributed by atoms with Gasteiger partial charge in [0.25, 0.3) is 0 Å². The fourth-order valence-corrected chi connectivity index (χ4v) is 4.03. The summed E-state index contributed by atoms with van der Waals surface area (Å²) in [5, 5.41) is 23.9. The number of halogens is 3. The van der Waals surface area contributed by atoms with Gasteiger partial charge in [0, 0.05) is 30.1 Å². The van der Waals surface area contributed by atoms with Gasteiger partial charge in [0.15, 0.2) is 16.6 Å². The second-order valence-corrected chi connectivity index (χ2v) is 9.62. The minimum absolute atomic E-state index is 0.0657. The fourth-order valence-electron chi connectivity index (χ4n) is 3.41. The van der Waals surface area contributed by atoms with Crippen LogP contribution in [0.25, 0.3) is 11.3 Å². The number of ether oxygens (including phenoxy) is 2. The molecule has 0 aliphatic heterocycles. The van der Waals surface area contributed by atoms with E-state index in [-0.39, 0.29) is 35.6 Å². The van der Waals surface area contributed by atoms with Crippen molar-refractivity contribution < 1.29 is 19.4 Å². The van der Waals surface area contributed by atoms with E-state index in [0.717, 1.165) is 0 Å². The van der Waals surface area contributed by atoms with Gasteiger partial charge in [0.05, 0.1) is 34.7 Å². The maximum absolute atomic E-state index is 11.5. The molecule has 0 unspecified atom stereocenters. The first kappa shape index (κ1) is 29.5. The van der Waals surface area contributed by atoms with Crippen molar-refractivity contribution in [3.05, 3.63) is 57.2 Å². The molecule has 0 aliphatic carbocycles. The maximum Gasteiger partial charge on any atom is 0.305 e. The molecule has 3 rings (SSSR count). The van der Waals surface area contributed by atoms with E-state index in [1.165, 1.54) is 4.68 Å². The topological polar surface area (TPSA) is 110 Å². The predicted octanol–water partition coefficient (Wildman–Crippen LogP) is 6.19. The van der Waals surface area contributed by atoms with Gasteiger partial charge in [-0.3, -0.25) is 14.9 Å². The Kier molecular flexibility index (Phi) is 10.6. The molecule has 38 heavy (non-hydrogen) atoms. The molecule has 3 N–H and O–H groups in total. The zero-order valence-electron chi connectivity index (χ0n) is 20.8. The highest BCUT2D eigenvalue weighted by atomic mass is 35.5. The van der Waals surface area contributed by atoms with Crippen molar-refractivity contribution in [2.45, 2.75) is 26.7 Å². The lowest BCUT2D eigenvalue weighted by atomic mass is 10.1. The Balaban J connectivity index is 1.67. The first-order valence-corrected chi connectivity index (χ1v) is 13.1. The zero-order valence-corrected chi connectivity index (χ0v) is 23.9. The predicted molar refractivity (Wildman–Crippen MR) is 155 cm³/mol. The van der Waals surface area contributed by atoms with Crippen molar-refractivity contribution in [3.63, 3.8) is 0 Å². The van der Waals surface area contributed by atoms with E-state index in [4.69, 9.17) is 56.5 Å². The third-order valence-electron chi connectivity index (χ3n) is 5.16. The Morgan fingerprint density at radius 1 is 1.18 bits per heavy atom. The molecule has 0 amide bonds. The van der Waals surface area contributed by atoms with Gasteiger partial charge in [-0.15, -0.1) is 0 Å². The SMILES string of the molecule is CCOC(=O)CCCOc1cc(Cl)ccc1NC(=S)N/N=C(\C)c1nn(C)c(-c2ccc(Cl)c(Cl)c2)c1O. The Hall–Kier alpha value is -3.05. The van der Waals surface area contributed by atoms with Gasteiger partial charge in [-0.2, -0.15) is 10.2 Å². The number of aryl methyl sites for hydroxylation is 1. The van der Waals surface area contributed by atoms with Crippen LogP contribution in [-0.2, 0) is 16.6 Å². The summed E-state index contributed by atoms with van der Waals surface area (Å²) in [6, 6.07) is 10.1. The van der Waals surface area contributed by atoms with Gasteiger partial charge >= 0.3 is 5.97 Å². The van der Waals surface area contributed by atoms with Crippen LogP contribution in [0.4, 0.5) is 5.69 Å². The van der Waals surface area contributed by atoms with Gasteiger partial charge in [0.2, 0.25) is 0 Å². The second kappa shape index (κ2) is 13.7. The van der Waals surface area contributed by atoms with Crippen LogP contribution in [-0.4, -0.2) is 44.9 Å². The van der Waals surface area contributed by atoms with E-state index in [0.29, 0.717) is 56.5 Å². The number of aromatic hydroxyl groups is 1. The number of thiocarbonyl (C=S) groups is 1. The molecule has 1 heterocycles. The smallest absolute Gasteiger partial charge is 0.305 e. The van der Waals surface area contributed by atoms with Crippen LogP contribution in [0.5, 0.6) is 11.5 Å². The molecule has 0 bridgehead atoms. The second-order valence-electron chi connectivity index (χ2n) is 7.96. The molecule has 0 fully saturated rings. The van der Waals surface area contributed by atoms with Crippen LogP contribution in [0.1, 0.15) is 32.4 Å². The van der Waals surface area contributed by atoms with E-state index in [1.54, 1.807) is 57.3 Å². The summed E-state index contributed by atoms with van der Waals surface area (Å²) in [5.41, 5.74) is 5.05. The number of hydrazone groups is 1. The summed E-state index contributed by atoms with van der Waals surface area (Å²) in [4.78, 5) is 11.5. The molecule has 0 radical (unpaired) electrons. The third kappa shape index (κ3) is 7.73. The van der Waals surface area contributed by atoms with Crippen molar-refractivity contribution >= 4 is 69.5 Å². The summed E-state index contributed by atoms with van der Waals surface area (Å²) in [5.74, 6) is 0.117. The number of carbonyl (C=O) groups is 1. The number of hydrogen-bond donors (Lipinski definition) is 3. The molecule has 0 aliphatic rings. The number of benzene rings is 2. The first-order valence-electron chi connectivity index (χ1n) is 11.5. The van der Waals surface area contributed by atoms with E-state index >= 15 is 0 Å². The molecule has 13 heteroatoms. The molecule has 2 aromatic carbocycles. The number of nitrogens with one attached hydrogen (secondary N) is 2. The van der Waals surface area contributed by atoms with Gasteiger partial charge in [0.1, 0.15) is 11.4 Å². The average molecular weight is 599 g/mol. The van der Waals surface area contributed by atoms with Gasteiger partial charge in [-0.25, -0.2) is 0 Å². The van der Waals surface area contributed by atoms with Crippen LogP contribution >= 0.6 is 47.0 Å². The number of carbonyl (C=O) groups excluding carboxylic acids is 1. The summed E-state index contributed by atoms with van der Waals surface area (Å²) < 4.78 is 12.2. The zero-order chi connectivity index (χ0) is 27.8. The highest BCUT2D eigenvalue weighted by Gasteiger charge is 2.20. The van der Waals surface area contributed by atoms with Crippen LogP contribution in [0, 0.1) is 0 Å². The summed E-state index contributed by atoms with van der Waals surface area (Å²) in [7, 11) is 1.70. The van der Waals surface area contributed by atoms with Crippen molar-refractivity contribution in [2.24, 2.45) is 12.1 Å². The van der Waals surface area contributed by atoms with Crippen LogP contribution in [0.2, 0.25) is 15.1 Å². The maximum atomic E-state index is 11.5. The molecule has 9 nitrogen and oxygen atoms in total. The van der Waals surface area contributed by atoms with Crippen LogP contribution in [0.15, 0.2) is 41.5 Å². The minimum atomic E-state index is -0.276. The lowest BCUT2D eigenvalue weighted by Crippen LogP contribution is -2.25. The average Bonchev–Trinajstić information content (AvgIpc) is 3.17. The van der Waals surface area contributed by atoms with E-state index < -0.39 is 0 Å². The minimum Gasteiger partial charge on any atom is -0.504 e. The van der Waals surface area contributed by atoms with Gasteiger partial charge in [-0.1, -0.05) is 40.9 Å². The Labute approximate surface area is 240 Å². The Morgan fingerprint density at radius 3 is 2.66 bits per heavy atom. The van der Waals surface area contributed by atoms with Crippen molar-refractivity contribution in [3.8, 4) is 22.8 Å². The molecule has 0 saturated carbocycles. The highest BCUT2D eigenvalue weighted by Crippen LogP contribution is 2.35. The highest BCUT2D eigenvalue weighted by molar-refractivity contribution is 7.80.